The molecule has 24 heavy (non-hydrogen) atoms. The molecule has 2 aromatic carbocycles. The van der Waals surface area contributed by atoms with Crippen LogP contribution in [-0.2, 0) is 16.0 Å². The van der Waals surface area contributed by atoms with Crippen LogP contribution in [0.1, 0.15) is 25.8 Å². The van der Waals surface area contributed by atoms with Gasteiger partial charge in [0.2, 0.25) is 0 Å². The van der Waals surface area contributed by atoms with Gasteiger partial charge in [-0.2, -0.15) is 0 Å². The molecule has 2 aromatic rings. The topological polar surface area (TPSA) is 38.3 Å². The molecule has 2 atom stereocenters. The number of benzene rings is 2. The van der Waals surface area contributed by atoms with Crippen LogP contribution in [0.2, 0.25) is 0 Å². The molecule has 0 spiro atoms. The summed E-state index contributed by atoms with van der Waals surface area (Å²) in [6.07, 6.45) is 1.67. The van der Waals surface area contributed by atoms with Crippen molar-refractivity contribution in [1.29, 1.82) is 0 Å². The highest BCUT2D eigenvalue weighted by Crippen LogP contribution is 2.20. The highest BCUT2D eigenvalue weighted by Gasteiger charge is 2.19. The van der Waals surface area contributed by atoms with Gasteiger partial charge in [0.05, 0.1) is 12.5 Å². The van der Waals surface area contributed by atoms with Crippen molar-refractivity contribution in [3.63, 3.8) is 0 Å². The molecule has 0 aromatic heterocycles. The number of hydrogen-bond acceptors (Lipinski definition) is 3. The SMILES string of the molecule is CCOC(=O)C(C)C[C@@H](Cc1ccc(-c2ccccc2)cc1)NC. The van der Waals surface area contributed by atoms with Crippen molar-refractivity contribution >= 4 is 5.97 Å². The number of likely N-dealkylation sites (N-methyl/N-ethyl adjacent to an activating group) is 1. The molecule has 0 amide bonds. The van der Waals surface area contributed by atoms with E-state index in [1.165, 1.54) is 16.7 Å². The van der Waals surface area contributed by atoms with Crippen LogP contribution in [0.4, 0.5) is 0 Å². The quantitative estimate of drug-likeness (QED) is 0.743. The summed E-state index contributed by atoms with van der Waals surface area (Å²) in [5, 5.41) is 3.32. The minimum absolute atomic E-state index is 0.0917. The van der Waals surface area contributed by atoms with E-state index in [9.17, 15) is 4.79 Å². The Bertz CT molecular complexity index is 622. The Balaban J connectivity index is 1.97. The van der Waals surface area contributed by atoms with Crippen molar-refractivity contribution < 1.29 is 9.53 Å². The maximum atomic E-state index is 11.8. The van der Waals surface area contributed by atoms with Crippen LogP contribution in [0.3, 0.4) is 0 Å². The van der Waals surface area contributed by atoms with Gasteiger partial charge in [-0.05, 0) is 43.5 Å². The second-order valence-corrected chi connectivity index (χ2v) is 6.14. The normalized spacial score (nSPS) is 13.3. The first kappa shape index (κ1) is 18.2. The highest BCUT2D eigenvalue weighted by atomic mass is 16.5. The minimum Gasteiger partial charge on any atom is -0.466 e. The fourth-order valence-corrected chi connectivity index (χ4v) is 2.86. The maximum Gasteiger partial charge on any atom is 0.308 e. The first-order valence-electron chi connectivity index (χ1n) is 8.62. The van der Waals surface area contributed by atoms with Crippen molar-refractivity contribution in [3.05, 3.63) is 60.2 Å². The molecule has 0 aliphatic heterocycles. The van der Waals surface area contributed by atoms with Gasteiger partial charge in [-0.1, -0.05) is 61.5 Å². The Morgan fingerprint density at radius 2 is 1.67 bits per heavy atom. The van der Waals surface area contributed by atoms with Gasteiger partial charge in [-0.3, -0.25) is 4.79 Å². The third-order valence-electron chi connectivity index (χ3n) is 4.28. The zero-order chi connectivity index (χ0) is 17.4. The molecule has 0 fully saturated rings. The van der Waals surface area contributed by atoms with Gasteiger partial charge in [0.1, 0.15) is 0 Å². The van der Waals surface area contributed by atoms with Crippen LogP contribution in [0.5, 0.6) is 0 Å². The lowest BCUT2D eigenvalue weighted by Crippen LogP contribution is -2.32. The predicted octanol–water partition coefficient (Wildman–Crippen LogP) is 4.07. The van der Waals surface area contributed by atoms with Gasteiger partial charge in [0, 0.05) is 6.04 Å². The molecule has 3 nitrogen and oxygen atoms in total. The lowest BCUT2D eigenvalue weighted by Gasteiger charge is -2.20. The molecule has 128 valence electrons. The first-order valence-corrected chi connectivity index (χ1v) is 8.62. The number of rotatable bonds is 8. The number of carbonyl (C=O) groups is 1. The van der Waals surface area contributed by atoms with Gasteiger partial charge >= 0.3 is 5.97 Å². The van der Waals surface area contributed by atoms with Crippen LogP contribution >= 0.6 is 0 Å². The lowest BCUT2D eigenvalue weighted by atomic mass is 9.95. The van der Waals surface area contributed by atoms with E-state index in [4.69, 9.17) is 4.74 Å². The second-order valence-electron chi connectivity index (χ2n) is 6.14. The van der Waals surface area contributed by atoms with E-state index in [2.05, 4.69) is 53.8 Å². The number of esters is 1. The summed E-state index contributed by atoms with van der Waals surface area (Å²) in [6.45, 7) is 4.21. The summed E-state index contributed by atoms with van der Waals surface area (Å²) < 4.78 is 5.10. The molecule has 0 bridgehead atoms. The Labute approximate surface area is 145 Å². The van der Waals surface area contributed by atoms with Crippen LogP contribution in [0, 0.1) is 5.92 Å². The van der Waals surface area contributed by atoms with E-state index in [-0.39, 0.29) is 17.9 Å². The van der Waals surface area contributed by atoms with Crippen molar-refractivity contribution in [2.24, 2.45) is 5.92 Å². The standard InChI is InChI=1S/C21H27NO2/c1-4-24-21(23)16(2)14-20(22-3)15-17-10-12-19(13-11-17)18-8-6-5-7-9-18/h5-13,16,20,22H,4,14-15H2,1-3H3/t16?,20-/m0/s1. The van der Waals surface area contributed by atoms with Gasteiger partial charge in [-0.15, -0.1) is 0 Å². The Morgan fingerprint density at radius 1 is 1.04 bits per heavy atom. The van der Waals surface area contributed by atoms with Crippen LogP contribution < -0.4 is 5.32 Å². The van der Waals surface area contributed by atoms with E-state index in [1.807, 2.05) is 27.0 Å². The molecule has 0 radical (unpaired) electrons. The average molecular weight is 325 g/mol. The molecule has 0 heterocycles. The van der Waals surface area contributed by atoms with Gasteiger partial charge in [0.15, 0.2) is 0 Å². The lowest BCUT2D eigenvalue weighted by molar-refractivity contribution is -0.147. The number of nitrogens with one attached hydrogen (secondary N) is 1. The van der Waals surface area contributed by atoms with E-state index < -0.39 is 0 Å². The molecule has 0 saturated carbocycles. The summed E-state index contributed by atoms with van der Waals surface area (Å²) in [5.41, 5.74) is 3.72. The van der Waals surface area contributed by atoms with Crippen molar-refractivity contribution in [2.45, 2.75) is 32.7 Å². The first-order chi connectivity index (χ1) is 11.6. The number of carbonyl (C=O) groups excluding carboxylic acids is 1. The summed E-state index contributed by atoms with van der Waals surface area (Å²) in [5.74, 6) is -0.205. The monoisotopic (exact) mass is 325 g/mol. The molecular weight excluding hydrogens is 298 g/mol. The van der Waals surface area contributed by atoms with Gasteiger partial charge in [-0.25, -0.2) is 0 Å². The fraction of sp³-hybridized carbons (Fsp3) is 0.381. The summed E-state index contributed by atoms with van der Waals surface area (Å²) >= 11 is 0. The van der Waals surface area contributed by atoms with E-state index >= 15 is 0 Å². The van der Waals surface area contributed by atoms with Crippen molar-refractivity contribution in [1.82, 2.24) is 5.32 Å². The van der Waals surface area contributed by atoms with E-state index in [1.54, 1.807) is 0 Å². The predicted molar refractivity (Wildman–Crippen MR) is 98.8 cm³/mol. The molecule has 3 heteroatoms. The van der Waals surface area contributed by atoms with E-state index in [0.29, 0.717) is 6.61 Å². The largest absolute Gasteiger partial charge is 0.466 e. The molecule has 0 aliphatic carbocycles. The molecule has 2 rings (SSSR count). The molecule has 0 aliphatic rings. The third kappa shape index (κ3) is 5.20. The smallest absolute Gasteiger partial charge is 0.308 e. The van der Waals surface area contributed by atoms with Crippen molar-refractivity contribution in [3.8, 4) is 11.1 Å². The third-order valence-corrected chi connectivity index (χ3v) is 4.28. The van der Waals surface area contributed by atoms with Gasteiger partial charge < -0.3 is 10.1 Å². The Kier molecular flexibility index (Phi) is 7.01. The number of ether oxygens (including phenoxy) is 1. The molecular formula is C21H27NO2. The minimum atomic E-state index is -0.114. The highest BCUT2D eigenvalue weighted by molar-refractivity contribution is 5.72. The Hall–Kier alpha value is -2.13. The van der Waals surface area contributed by atoms with Crippen molar-refractivity contribution in [2.75, 3.05) is 13.7 Å². The van der Waals surface area contributed by atoms with Crippen LogP contribution in [0.25, 0.3) is 11.1 Å². The summed E-state index contributed by atoms with van der Waals surface area (Å²) in [7, 11) is 1.95. The zero-order valence-electron chi connectivity index (χ0n) is 14.8. The Morgan fingerprint density at radius 3 is 2.25 bits per heavy atom. The fourth-order valence-electron chi connectivity index (χ4n) is 2.86. The van der Waals surface area contributed by atoms with Crippen LogP contribution in [-0.4, -0.2) is 25.7 Å². The second kappa shape index (κ2) is 9.24. The molecule has 1 unspecified atom stereocenters. The molecule has 1 N–H and O–H groups in total. The zero-order valence-corrected chi connectivity index (χ0v) is 14.8. The van der Waals surface area contributed by atoms with Gasteiger partial charge in [0.25, 0.3) is 0 Å². The number of hydrogen-bond donors (Lipinski definition) is 1. The molecule has 0 saturated heterocycles. The summed E-state index contributed by atoms with van der Waals surface area (Å²) in [4.78, 5) is 11.8. The maximum absolute atomic E-state index is 11.8. The average Bonchev–Trinajstić information content (AvgIpc) is 2.62. The summed E-state index contributed by atoms with van der Waals surface area (Å²) in [6, 6.07) is 19.3. The van der Waals surface area contributed by atoms with E-state index in [0.717, 1.165) is 12.8 Å². The van der Waals surface area contributed by atoms with Crippen LogP contribution in [0.15, 0.2) is 54.6 Å².